The highest BCUT2D eigenvalue weighted by Gasteiger charge is 2.26. The molecule has 0 saturated carbocycles. The first-order valence-corrected chi connectivity index (χ1v) is 12.4. The van der Waals surface area contributed by atoms with Gasteiger partial charge in [0.15, 0.2) is 17.2 Å². The van der Waals surface area contributed by atoms with Crippen molar-refractivity contribution in [1.29, 1.82) is 5.26 Å². The fourth-order valence-corrected chi connectivity index (χ4v) is 4.06. The third kappa shape index (κ3) is 6.65. The Morgan fingerprint density at radius 1 is 1.06 bits per heavy atom. The van der Waals surface area contributed by atoms with Crippen LogP contribution in [0, 0.1) is 11.3 Å². The van der Waals surface area contributed by atoms with Crippen LogP contribution in [0.15, 0.2) is 53.8 Å². The Labute approximate surface area is 215 Å². The van der Waals surface area contributed by atoms with E-state index in [4.69, 9.17) is 30.5 Å². The van der Waals surface area contributed by atoms with Crippen LogP contribution in [0.3, 0.4) is 0 Å². The first kappa shape index (κ1) is 26.8. The molecule has 3 rings (SSSR count). The van der Waals surface area contributed by atoms with E-state index in [0.29, 0.717) is 28.1 Å². The standard InChI is InChI=1S/C26H28ClN3O4S/c1-26(2,19-12-17(14-28)24(22(27)13-19)34-16-23(31-3)32-4)18-6-8-21(9-7-18)33-15-20-10-11-29-25(30-20)35-5/h6-13,23H,15-16H2,1-5H3. The van der Waals surface area contributed by atoms with E-state index in [-0.39, 0.29) is 6.61 Å². The number of nitriles is 1. The molecule has 0 bridgehead atoms. The second-order valence-electron chi connectivity index (χ2n) is 8.13. The average molecular weight is 514 g/mol. The second kappa shape index (κ2) is 12.2. The molecule has 0 aliphatic heterocycles. The van der Waals surface area contributed by atoms with Crippen molar-refractivity contribution in [1.82, 2.24) is 9.97 Å². The van der Waals surface area contributed by atoms with Gasteiger partial charge < -0.3 is 18.9 Å². The fourth-order valence-electron chi connectivity index (χ4n) is 3.41. The summed E-state index contributed by atoms with van der Waals surface area (Å²) < 4.78 is 21.9. The summed E-state index contributed by atoms with van der Waals surface area (Å²) >= 11 is 8.02. The van der Waals surface area contributed by atoms with Gasteiger partial charge in [-0.05, 0) is 47.7 Å². The largest absolute Gasteiger partial charge is 0.487 e. The molecule has 3 aromatic rings. The molecule has 2 aromatic carbocycles. The molecule has 1 aromatic heterocycles. The second-order valence-corrected chi connectivity index (χ2v) is 9.31. The Bertz CT molecular complexity index is 1180. The van der Waals surface area contributed by atoms with Crippen LogP contribution < -0.4 is 9.47 Å². The summed E-state index contributed by atoms with van der Waals surface area (Å²) in [5.41, 5.74) is 2.68. The predicted molar refractivity (Wildman–Crippen MR) is 136 cm³/mol. The molecule has 184 valence electrons. The quantitative estimate of drug-likeness (QED) is 0.185. The van der Waals surface area contributed by atoms with Gasteiger partial charge in [-0.2, -0.15) is 5.26 Å². The first-order valence-electron chi connectivity index (χ1n) is 10.8. The highest BCUT2D eigenvalue weighted by atomic mass is 35.5. The number of rotatable bonds is 11. The van der Waals surface area contributed by atoms with Crippen molar-refractivity contribution in [3.8, 4) is 17.6 Å². The SMILES string of the molecule is COC(COc1c(Cl)cc(C(C)(C)c2ccc(OCc3ccnc(SC)n3)cc2)cc1C#N)OC. The van der Waals surface area contributed by atoms with Gasteiger partial charge in [0.05, 0.1) is 16.3 Å². The lowest BCUT2D eigenvalue weighted by Crippen LogP contribution is -2.23. The molecular weight excluding hydrogens is 486 g/mol. The van der Waals surface area contributed by atoms with Crippen LogP contribution >= 0.6 is 23.4 Å². The molecule has 0 aliphatic rings. The number of nitrogens with zero attached hydrogens (tertiary/aromatic N) is 3. The molecule has 0 saturated heterocycles. The Morgan fingerprint density at radius 2 is 1.77 bits per heavy atom. The first-order chi connectivity index (χ1) is 16.8. The van der Waals surface area contributed by atoms with E-state index in [1.807, 2.05) is 42.7 Å². The van der Waals surface area contributed by atoms with E-state index in [9.17, 15) is 5.26 Å². The molecule has 0 radical (unpaired) electrons. The van der Waals surface area contributed by atoms with Crippen molar-refractivity contribution in [2.75, 3.05) is 27.1 Å². The van der Waals surface area contributed by atoms with Crippen molar-refractivity contribution < 1.29 is 18.9 Å². The fraction of sp³-hybridized carbons (Fsp3) is 0.346. The summed E-state index contributed by atoms with van der Waals surface area (Å²) in [4.78, 5) is 8.61. The zero-order valence-electron chi connectivity index (χ0n) is 20.4. The topological polar surface area (TPSA) is 86.5 Å². The maximum atomic E-state index is 9.73. The molecule has 1 heterocycles. The Kier molecular flexibility index (Phi) is 9.35. The lowest BCUT2D eigenvalue weighted by Gasteiger charge is -2.27. The van der Waals surface area contributed by atoms with Gasteiger partial charge in [-0.15, -0.1) is 0 Å². The molecule has 0 spiro atoms. The van der Waals surface area contributed by atoms with Crippen LogP contribution in [0.4, 0.5) is 0 Å². The van der Waals surface area contributed by atoms with E-state index in [0.717, 1.165) is 22.6 Å². The number of hydrogen-bond donors (Lipinski definition) is 0. The summed E-state index contributed by atoms with van der Waals surface area (Å²) in [6, 6.07) is 15.5. The Morgan fingerprint density at radius 3 is 2.40 bits per heavy atom. The zero-order chi connectivity index (χ0) is 25.4. The van der Waals surface area contributed by atoms with Gasteiger partial charge in [0.1, 0.15) is 25.0 Å². The van der Waals surface area contributed by atoms with E-state index in [1.54, 1.807) is 12.3 Å². The summed E-state index contributed by atoms with van der Waals surface area (Å²) in [6.07, 6.45) is 3.11. The molecule has 0 aliphatic carbocycles. The lowest BCUT2D eigenvalue weighted by molar-refractivity contribution is -0.121. The van der Waals surface area contributed by atoms with Crippen LogP contribution in [0.1, 0.15) is 36.2 Å². The van der Waals surface area contributed by atoms with Gasteiger partial charge in [-0.25, -0.2) is 9.97 Å². The number of aromatic nitrogens is 2. The number of thioether (sulfide) groups is 1. The highest BCUT2D eigenvalue weighted by molar-refractivity contribution is 7.98. The van der Waals surface area contributed by atoms with Crippen LogP contribution in [-0.4, -0.2) is 43.3 Å². The van der Waals surface area contributed by atoms with E-state index >= 15 is 0 Å². The average Bonchev–Trinajstić information content (AvgIpc) is 2.88. The highest BCUT2D eigenvalue weighted by Crippen LogP contribution is 2.38. The van der Waals surface area contributed by atoms with Crippen LogP contribution in [0.2, 0.25) is 5.02 Å². The molecule has 0 unspecified atom stereocenters. The minimum atomic E-state index is -0.559. The Hall–Kier alpha value is -2.83. The number of ether oxygens (including phenoxy) is 4. The van der Waals surface area contributed by atoms with E-state index < -0.39 is 11.7 Å². The molecule has 7 nitrogen and oxygen atoms in total. The summed E-state index contributed by atoms with van der Waals surface area (Å²) in [5, 5.41) is 10.8. The van der Waals surface area contributed by atoms with Crippen LogP contribution in [0.5, 0.6) is 11.5 Å². The van der Waals surface area contributed by atoms with Crippen LogP contribution in [-0.2, 0) is 21.5 Å². The number of halogens is 1. The molecular formula is C26H28ClN3O4S. The molecule has 0 amide bonds. The Balaban J connectivity index is 1.76. The van der Waals surface area contributed by atoms with Gasteiger partial charge in [-0.3, -0.25) is 0 Å². The molecule has 9 heteroatoms. The number of methoxy groups -OCH3 is 2. The van der Waals surface area contributed by atoms with Gasteiger partial charge in [0, 0.05) is 25.8 Å². The van der Waals surface area contributed by atoms with Crippen molar-refractivity contribution in [2.45, 2.75) is 37.3 Å². The van der Waals surface area contributed by atoms with Crippen LogP contribution in [0.25, 0.3) is 0 Å². The smallest absolute Gasteiger partial charge is 0.191 e. The predicted octanol–water partition coefficient (Wildman–Crippen LogP) is 5.63. The summed E-state index contributed by atoms with van der Waals surface area (Å²) in [5.74, 6) is 1.05. The van der Waals surface area contributed by atoms with Gasteiger partial charge >= 0.3 is 0 Å². The van der Waals surface area contributed by atoms with E-state index in [1.165, 1.54) is 26.0 Å². The molecule has 35 heavy (non-hydrogen) atoms. The summed E-state index contributed by atoms with van der Waals surface area (Å²) in [7, 11) is 3.04. The summed E-state index contributed by atoms with van der Waals surface area (Å²) in [6.45, 7) is 4.62. The monoisotopic (exact) mass is 513 g/mol. The van der Waals surface area contributed by atoms with Gasteiger partial charge in [0.2, 0.25) is 0 Å². The number of hydrogen-bond acceptors (Lipinski definition) is 8. The molecule has 0 fully saturated rings. The lowest BCUT2D eigenvalue weighted by atomic mass is 9.77. The maximum absolute atomic E-state index is 9.73. The minimum Gasteiger partial charge on any atom is -0.487 e. The maximum Gasteiger partial charge on any atom is 0.191 e. The van der Waals surface area contributed by atoms with Crippen molar-refractivity contribution >= 4 is 23.4 Å². The van der Waals surface area contributed by atoms with E-state index in [2.05, 4.69) is 29.9 Å². The third-order valence-corrected chi connectivity index (χ3v) is 6.45. The third-order valence-electron chi connectivity index (χ3n) is 5.61. The van der Waals surface area contributed by atoms with Gasteiger partial charge in [0.25, 0.3) is 0 Å². The van der Waals surface area contributed by atoms with Crippen molar-refractivity contribution in [3.63, 3.8) is 0 Å². The zero-order valence-corrected chi connectivity index (χ0v) is 21.9. The normalized spacial score (nSPS) is 11.4. The minimum absolute atomic E-state index is 0.110. The number of benzene rings is 2. The van der Waals surface area contributed by atoms with Crippen molar-refractivity contribution in [3.05, 3.63) is 76.1 Å². The molecule has 0 N–H and O–H groups in total. The van der Waals surface area contributed by atoms with Gasteiger partial charge in [-0.1, -0.05) is 49.3 Å². The molecule has 0 atom stereocenters. The van der Waals surface area contributed by atoms with Crippen molar-refractivity contribution in [2.24, 2.45) is 0 Å².